The predicted octanol–water partition coefficient (Wildman–Crippen LogP) is 5.08. The van der Waals surface area contributed by atoms with Crippen molar-refractivity contribution in [2.75, 3.05) is 17.6 Å². The van der Waals surface area contributed by atoms with Crippen LogP contribution in [0.1, 0.15) is 5.56 Å². The van der Waals surface area contributed by atoms with E-state index < -0.39 is 6.10 Å². The lowest BCUT2D eigenvalue weighted by atomic mass is 10.0. The monoisotopic (exact) mass is 428 g/mol. The number of anilines is 1. The molecule has 2 N–H and O–H groups in total. The minimum atomic E-state index is -0.538. The third-order valence-corrected chi connectivity index (χ3v) is 5.74. The van der Waals surface area contributed by atoms with Crippen molar-refractivity contribution in [3.8, 4) is 22.5 Å². The second-order valence-corrected chi connectivity index (χ2v) is 8.22. The summed E-state index contributed by atoms with van der Waals surface area (Å²) in [6.07, 6.45) is -0.538. The fraction of sp³-hybridized carbons (Fsp3) is 0.160. The molecule has 5 nitrogen and oxygen atoms in total. The van der Waals surface area contributed by atoms with Crippen LogP contribution in [0.5, 0.6) is 0 Å². The summed E-state index contributed by atoms with van der Waals surface area (Å²) in [7, 11) is 0. The van der Waals surface area contributed by atoms with Crippen LogP contribution >= 0.6 is 11.8 Å². The quantitative estimate of drug-likeness (QED) is 0.382. The van der Waals surface area contributed by atoms with Gasteiger partial charge in [-0.1, -0.05) is 90.1 Å². The lowest BCUT2D eigenvalue weighted by molar-refractivity contribution is 0.213. The van der Waals surface area contributed by atoms with E-state index in [1.807, 2.05) is 84.9 Å². The average Bonchev–Trinajstić information content (AvgIpc) is 2.83. The summed E-state index contributed by atoms with van der Waals surface area (Å²) >= 11 is 1.40. The molecule has 0 amide bonds. The number of nitrogens with one attached hydrogen (secondary N) is 1. The van der Waals surface area contributed by atoms with Gasteiger partial charge in [-0.05, 0) is 19.1 Å². The minimum absolute atomic E-state index is 0.455. The summed E-state index contributed by atoms with van der Waals surface area (Å²) in [5, 5.41) is 23.0. The first kappa shape index (κ1) is 21.0. The highest BCUT2D eigenvalue weighted by Crippen LogP contribution is 2.29. The Morgan fingerprint density at radius 2 is 1.42 bits per heavy atom. The van der Waals surface area contributed by atoms with Gasteiger partial charge in [0, 0.05) is 29.1 Å². The lowest BCUT2D eigenvalue weighted by Crippen LogP contribution is -2.22. The van der Waals surface area contributed by atoms with Gasteiger partial charge in [0.25, 0.3) is 0 Å². The van der Waals surface area contributed by atoms with Gasteiger partial charge in [0.05, 0.1) is 6.10 Å². The Hall–Kier alpha value is -3.22. The van der Waals surface area contributed by atoms with Crippen molar-refractivity contribution < 1.29 is 5.11 Å². The molecular formula is C25H24N4OS. The molecule has 0 aliphatic rings. The second-order valence-electron chi connectivity index (χ2n) is 7.24. The van der Waals surface area contributed by atoms with E-state index in [0.717, 1.165) is 28.2 Å². The van der Waals surface area contributed by atoms with Gasteiger partial charge in [0.1, 0.15) is 11.4 Å². The molecule has 3 aromatic carbocycles. The molecular weight excluding hydrogens is 404 g/mol. The molecule has 0 bridgehead atoms. The van der Waals surface area contributed by atoms with E-state index in [2.05, 4.69) is 22.4 Å². The molecule has 1 atom stereocenters. The van der Waals surface area contributed by atoms with Gasteiger partial charge < -0.3 is 10.4 Å². The number of hydrogen-bond acceptors (Lipinski definition) is 6. The molecule has 31 heavy (non-hydrogen) atoms. The fourth-order valence-corrected chi connectivity index (χ4v) is 3.81. The van der Waals surface area contributed by atoms with Crippen LogP contribution in [0, 0.1) is 6.92 Å². The van der Waals surface area contributed by atoms with E-state index in [0.29, 0.717) is 17.5 Å². The number of rotatable bonds is 8. The molecule has 156 valence electrons. The SMILES string of the molecule is Cc1ccc(NCC(O)CSc2nnc(-c3ccccc3)c(-c3ccccc3)n2)cc1. The zero-order chi connectivity index (χ0) is 21.5. The Balaban J connectivity index is 1.47. The zero-order valence-corrected chi connectivity index (χ0v) is 18.1. The highest BCUT2D eigenvalue weighted by atomic mass is 32.2. The third-order valence-electron chi connectivity index (χ3n) is 4.76. The Morgan fingerprint density at radius 1 is 0.806 bits per heavy atom. The number of benzene rings is 3. The molecule has 0 fully saturated rings. The van der Waals surface area contributed by atoms with E-state index in [1.54, 1.807) is 0 Å². The van der Waals surface area contributed by atoms with Crippen LogP contribution in [0.25, 0.3) is 22.5 Å². The first-order valence-corrected chi connectivity index (χ1v) is 11.1. The van der Waals surface area contributed by atoms with Crippen LogP contribution in [0.3, 0.4) is 0 Å². The first-order chi connectivity index (χ1) is 15.2. The number of thioether (sulfide) groups is 1. The van der Waals surface area contributed by atoms with Gasteiger partial charge in [-0.2, -0.15) is 0 Å². The molecule has 4 rings (SSSR count). The van der Waals surface area contributed by atoms with Gasteiger partial charge in [-0.3, -0.25) is 0 Å². The number of aliphatic hydroxyl groups excluding tert-OH is 1. The molecule has 0 radical (unpaired) electrons. The van der Waals surface area contributed by atoms with Crippen molar-refractivity contribution in [1.29, 1.82) is 0 Å². The standard InChI is InChI=1S/C25H24N4OS/c1-18-12-14-21(15-13-18)26-16-22(30)17-31-25-27-23(19-8-4-2-5-9-19)24(28-29-25)20-10-6-3-7-11-20/h2-15,22,26,30H,16-17H2,1H3. The van der Waals surface area contributed by atoms with Crippen molar-refractivity contribution in [3.63, 3.8) is 0 Å². The number of aromatic nitrogens is 3. The van der Waals surface area contributed by atoms with E-state index in [4.69, 9.17) is 4.98 Å². The van der Waals surface area contributed by atoms with Crippen molar-refractivity contribution >= 4 is 17.4 Å². The number of nitrogens with zero attached hydrogens (tertiary/aromatic N) is 3. The van der Waals surface area contributed by atoms with Crippen LogP contribution in [-0.2, 0) is 0 Å². The summed E-state index contributed by atoms with van der Waals surface area (Å²) in [6, 6.07) is 28.0. The van der Waals surface area contributed by atoms with Crippen LogP contribution in [0.15, 0.2) is 90.1 Å². The molecule has 6 heteroatoms. The molecule has 1 unspecified atom stereocenters. The third kappa shape index (κ3) is 5.69. The number of aliphatic hydroxyl groups is 1. The number of aryl methyl sites for hydroxylation is 1. The topological polar surface area (TPSA) is 70.9 Å². The highest BCUT2D eigenvalue weighted by molar-refractivity contribution is 7.99. The summed E-state index contributed by atoms with van der Waals surface area (Å²) in [6.45, 7) is 2.51. The average molecular weight is 429 g/mol. The highest BCUT2D eigenvalue weighted by Gasteiger charge is 2.14. The maximum Gasteiger partial charge on any atom is 0.209 e. The van der Waals surface area contributed by atoms with E-state index in [1.165, 1.54) is 17.3 Å². The van der Waals surface area contributed by atoms with Crippen molar-refractivity contribution in [3.05, 3.63) is 90.5 Å². The van der Waals surface area contributed by atoms with Crippen LogP contribution in [0.2, 0.25) is 0 Å². The van der Waals surface area contributed by atoms with Gasteiger partial charge in [-0.15, -0.1) is 10.2 Å². The van der Waals surface area contributed by atoms with E-state index in [9.17, 15) is 5.11 Å². The van der Waals surface area contributed by atoms with Gasteiger partial charge in [-0.25, -0.2) is 4.98 Å². The van der Waals surface area contributed by atoms with Crippen molar-refractivity contribution in [2.24, 2.45) is 0 Å². The van der Waals surface area contributed by atoms with E-state index in [-0.39, 0.29) is 0 Å². The largest absolute Gasteiger partial charge is 0.390 e. The van der Waals surface area contributed by atoms with Crippen LogP contribution in [0.4, 0.5) is 5.69 Å². The van der Waals surface area contributed by atoms with Crippen LogP contribution in [-0.4, -0.2) is 38.7 Å². The second kappa shape index (κ2) is 10.2. The Morgan fingerprint density at radius 3 is 2.06 bits per heavy atom. The maximum absolute atomic E-state index is 10.4. The zero-order valence-electron chi connectivity index (χ0n) is 17.3. The molecule has 0 aliphatic carbocycles. The van der Waals surface area contributed by atoms with E-state index >= 15 is 0 Å². The molecule has 1 heterocycles. The summed E-state index contributed by atoms with van der Waals surface area (Å²) in [4.78, 5) is 4.78. The lowest BCUT2D eigenvalue weighted by Gasteiger charge is -2.13. The van der Waals surface area contributed by atoms with Gasteiger partial charge in [0.2, 0.25) is 5.16 Å². The molecule has 0 spiro atoms. The van der Waals surface area contributed by atoms with Crippen molar-refractivity contribution in [2.45, 2.75) is 18.2 Å². The fourth-order valence-electron chi connectivity index (χ4n) is 3.10. The maximum atomic E-state index is 10.4. The molecule has 0 saturated heterocycles. The summed E-state index contributed by atoms with van der Waals surface area (Å²) in [5.41, 5.74) is 5.69. The molecule has 1 aromatic heterocycles. The predicted molar refractivity (Wildman–Crippen MR) is 127 cm³/mol. The Labute approximate surface area is 186 Å². The molecule has 4 aromatic rings. The number of hydrogen-bond donors (Lipinski definition) is 2. The minimum Gasteiger partial charge on any atom is -0.390 e. The van der Waals surface area contributed by atoms with Crippen LogP contribution < -0.4 is 5.32 Å². The Bertz CT molecular complexity index is 1110. The molecule has 0 saturated carbocycles. The normalized spacial score (nSPS) is 11.8. The summed E-state index contributed by atoms with van der Waals surface area (Å²) < 4.78 is 0. The van der Waals surface area contributed by atoms with Gasteiger partial charge >= 0.3 is 0 Å². The first-order valence-electron chi connectivity index (χ1n) is 10.2. The molecule has 0 aliphatic heterocycles. The Kier molecular flexibility index (Phi) is 6.92. The summed E-state index contributed by atoms with van der Waals surface area (Å²) in [5.74, 6) is 0.472. The smallest absolute Gasteiger partial charge is 0.209 e. The van der Waals surface area contributed by atoms with Gasteiger partial charge in [0.15, 0.2) is 0 Å². The van der Waals surface area contributed by atoms with Crippen molar-refractivity contribution in [1.82, 2.24) is 15.2 Å².